The highest BCUT2D eigenvalue weighted by molar-refractivity contribution is 7.18. The lowest BCUT2D eigenvalue weighted by Crippen LogP contribution is -2.42. The fraction of sp³-hybridized carbons (Fsp3) is 0.348. The third kappa shape index (κ3) is 3.18. The van der Waals surface area contributed by atoms with Gasteiger partial charge >= 0.3 is 6.03 Å². The fourth-order valence-electron chi connectivity index (χ4n) is 4.38. The van der Waals surface area contributed by atoms with Crippen molar-refractivity contribution in [1.29, 1.82) is 0 Å². The van der Waals surface area contributed by atoms with Gasteiger partial charge in [0, 0.05) is 12.2 Å². The van der Waals surface area contributed by atoms with Gasteiger partial charge in [-0.05, 0) is 51.0 Å². The molecule has 3 aromatic rings. The summed E-state index contributed by atoms with van der Waals surface area (Å²) in [6, 6.07) is 15.3. The second-order valence-electron chi connectivity index (χ2n) is 8.06. The molecule has 0 unspecified atom stereocenters. The Kier molecular flexibility index (Phi) is 4.79. The first-order valence-corrected chi connectivity index (χ1v) is 11.2. The van der Waals surface area contributed by atoms with Crippen LogP contribution >= 0.6 is 11.3 Å². The first-order valence-electron chi connectivity index (χ1n) is 10.3. The molecule has 0 N–H and O–H groups in total. The molecule has 5 rings (SSSR count). The molecule has 0 spiro atoms. The number of urea groups is 1. The number of hydrogen-bond donors (Lipinski definition) is 0. The number of carbonyl (C=O) groups is 2. The maximum absolute atomic E-state index is 13.2. The Bertz CT molecular complexity index is 1080. The van der Waals surface area contributed by atoms with Crippen LogP contribution in [0.15, 0.2) is 48.5 Å². The summed E-state index contributed by atoms with van der Waals surface area (Å²) in [4.78, 5) is 36.2. The molecule has 2 aliphatic rings. The molecule has 2 saturated heterocycles. The maximum Gasteiger partial charge on any atom is 0.333 e. The van der Waals surface area contributed by atoms with Gasteiger partial charge in [-0.1, -0.05) is 29.8 Å². The lowest BCUT2D eigenvalue weighted by molar-refractivity contribution is -0.128. The van der Waals surface area contributed by atoms with Crippen molar-refractivity contribution < 1.29 is 9.59 Å². The van der Waals surface area contributed by atoms with Gasteiger partial charge < -0.3 is 0 Å². The highest BCUT2D eigenvalue weighted by Crippen LogP contribution is 2.37. The Labute approximate surface area is 179 Å². The summed E-state index contributed by atoms with van der Waals surface area (Å²) in [5.41, 5.74) is 2.90. The molecule has 2 aliphatic heterocycles. The molecule has 0 bridgehead atoms. The van der Waals surface area contributed by atoms with Crippen molar-refractivity contribution in [2.45, 2.75) is 38.8 Å². The van der Waals surface area contributed by atoms with Gasteiger partial charge in [0.1, 0.15) is 11.0 Å². The van der Waals surface area contributed by atoms with Crippen molar-refractivity contribution in [3.05, 3.63) is 59.1 Å². The lowest BCUT2D eigenvalue weighted by atomic mass is 10.2. The minimum atomic E-state index is -0.497. The Morgan fingerprint density at radius 3 is 2.63 bits per heavy atom. The maximum atomic E-state index is 13.2. The average Bonchev–Trinajstić information content (AvgIpc) is 3.43. The van der Waals surface area contributed by atoms with Crippen molar-refractivity contribution in [2.24, 2.45) is 0 Å². The Balaban J connectivity index is 1.38. The summed E-state index contributed by atoms with van der Waals surface area (Å²) in [6.07, 6.45) is 2.03. The normalized spacial score (nSPS) is 22.6. The quantitative estimate of drug-likeness (QED) is 0.581. The van der Waals surface area contributed by atoms with Crippen LogP contribution in [0.1, 0.15) is 36.4 Å². The minimum absolute atomic E-state index is 0.143. The number of likely N-dealkylation sites (tertiary alicyclic amines) is 1. The number of anilines is 1. The molecule has 2 fully saturated rings. The number of carbonyl (C=O) groups excluding carboxylic acids is 2. The van der Waals surface area contributed by atoms with E-state index in [4.69, 9.17) is 4.98 Å². The van der Waals surface area contributed by atoms with Crippen molar-refractivity contribution in [2.75, 3.05) is 18.1 Å². The van der Waals surface area contributed by atoms with Crippen LogP contribution in [-0.4, -0.2) is 46.0 Å². The van der Waals surface area contributed by atoms with Gasteiger partial charge in [0.25, 0.3) is 5.91 Å². The summed E-state index contributed by atoms with van der Waals surface area (Å²) in [5.74, 6) is -0.143. The molecule has 2 aromatic carbocycles. The number of aromatic nitrogens is 1. The van der Waals surface area contributed by atoms with E-state index in [0.29, 0.717) is 6.67 Å². The second-order valence-corrected chi connectivity index (χ2v) is 9.12. The topological polar surface area (TPSA) is 56.8 Å². The summed E-state index contributed by atoms with van der Waals surface area (Å²) in [6.45, 7) is 4.97. The lowest BCUT2D eigenvalue weighted by Gasteiger charge is -2.27. The summed E-state index contributed by atoms with van der Waals surface area (Å²) in [7, 11) is 0. The van der Waals surface area contributed by atoms with Gasteiger partial charge in [-0.3, -0.25) is 14.6 Å². The van der Waals surface area contributed by atoms with Crippen LogP contribution in [-0.2, 0) is 4.79 Å². The number of benzene rings is 2. The first kappa shape index (κ1) is 19.2. The van der Waals surface area contributed by atoms with E-state index in [-0.39, 0.29) is 18.0 Å². The molecule has 6 nitrogen and oxygen atoms in total. The largest absolute Gasteiger partial charge is 0.333 e. The van der Waals surface area contributed by atoms with Crippen LogP contribution in [0.5, 0.6) is 0 Å². The van der Waals surface area contributed by atoms with Crippen LogP contribution in [0.4, 0.5) is 10.5 Å². The predicted molar refractivity (Wildman–Crippen MR) is 119 cm³/mol. The monoisotopic (exact) mass is 420 g/mol. The fourth-order valence-corrected chi connectivity index (χ4v) is 5.52. The van der Waals surface area contributed by atoms with Gasteiger partial charge in [0.15, 0.2) is 0 Å². The molecular weight excluding hydrogens is 396 g/mol. The Hall–Kier alpha value is -2.77. The molecule has 3 heterocycles. The molecule has 154 valence electrons. The zero-order valence-corrected chi connectivity index (χ0v) is 17.9. The number of thiazole rings is 1. The van der Waals surface area contributed by atoms with Gasteiger partial charge in [-0.2, -0.15) is 0 Å². The van der Waals surface area contributed by atoms with Gasteiger partial charge in [0.05, 0.1) is 22.9 Å². The smallest absolute Gasteiger partial charge is 0.282 e. The van der Waals surface area contributed by atoms with E-state index < -0.39 is 6.04 Å². The van der Waals surface area contributed by atoms with Crippen LogP contribution in [0.2, 0.25) is 0 Å². The van der Waals surface area contributed by atoms with Crippen molar-refractivity contribution in [1.82, 2.24) is 14.8 Å². The van der Waals surface area contributed by atoms with E-state index >= 15 is 0 Å². The zero-order chi connectivity index (χ0) is 20.8. The number of aryl methyl sites for hydroxylation is 1. The van der Waals surface area contributed by atoms with Crippen LogP contribution < -0.4 is 4.90 Å². The Morgan fingerprint density at radius 1 is 1.10 bits per heavy atom. The van der Waals surface area contributed by atoms with Crippen molar-refractivity contribution in [3.63, 3.8) is 0 Å². The average molecular weight is 421 g/mol. The molecule has 2 atom stereocenters. The molecule has 0 radical (unpaired) electrons. The molecule has 0 saturated carbocycles. The Morgan fingerprint density at radius 2 is 1.87 bits per heavy atom. The number of para-hydroxylation sites is 1. The number of nitrogens with zero attached hydrogens (tertiary/aromatic N) is 4. The number of fused-ring (bicyclic) bond motifs is 1. The van der Waals surface area contributed by atoms with E-state index in [1.54, 1.807) is 23.2 Å². The predicted octanol–water partition coefficient (Wildman–Crippen LogP) is 4.56. The highest BCUT2D eigenvalue weighted by Gasteiger charge is 2.45. The van der Waals surface area contributed by atoms with Crippen LogP contribution in [0.3, 0.4) is 0 Å². The summed E-state index contributed by atoms with van der Waals surface area (Å²) >= 11 is 1.71. The van der Waals surface area contributed by atoms with Crippen molar-refractivity contribution in [3.8, 4) is 0 Å². The van der Waals surface area contributed by atoms with Crippen molar-refractivity contribution >= 4 is 39.2 Å². The van der Waals surface area contributed by atoms with Crippen LogP contribution in [0, 0.1) is 6.92 Å². The van der Waals surface area contributed by atoms with E-state index in [2.05, 4.69) is 11.0 Å². The van der Waals surface area contributed by atoms with E-state index in [1.807, 2.05) is 49.4 Å². The molecular formula is C23H24N4O2S. The van der Waals surface area contributed by atoms with E-state index in [1.165, 1.54) is 9.60 Å². The zero-order valence-electron chi connectivity index (χ0n) is 17.1. The minimum Gasteiger partial charge on any atom is -0.282 e. The summed E-state index contributed by atoms with van der Waals surface area (Å²) in [5, 5.41) is 1.07. The van der Waals surface area contributed by atoms with Gasteiger partial charge in [-0.15, -0.1) is 11.3 Å². The molecule has 0 aliphatic carbocycles. The molecule has 3 amide bonds. The number of amides is 3. The third-order valence-corrected chi connectivity index (χ3v) is 7.18. The highest BCUT2D eigenvalue weighted by atomic mass is 32.1. The standard InChI is InChI=1S/C23H24N4O2S/c1-15-9-11-17(12-10-15)27-16(2)22(28)26(23(27)29)14-25-13-5-7-19(25)21-24-18-6-3-4-8-20(18)30-21/h3-4,6,8-12,16,19H,5,7,13-14H2,1-2H3/t16-,19-/m1/s1. The van der Waals surface area contributed by atoms with E-state index in [9.17, 15) is 9.59 Å². The summed E-state index contributed by atoms with van der Waals surface area (Å²) < 4.78 is 1.17. The third-order valence-electron chi connectivity index (χ3n) is 6.04. The molecule has 7 heteroatoms. The number of imide groups is 1. The molecule has 30 heavy (non-hydrogen) atoms. The molecule has 1 aromatic heterocycles. The van der Waals surface area contributed by atoms with Gasteiger partial charge in [0.2, 0.25) is 0 Å². The SMILES string of the molecule is Cc1ccc(N2C(=O)N(CN3CCC[C@@H]3c3nc4ccccc4s3)C(=O)[C@H]2C)cc1. The first-order chi connectivity index (χ1) is 14.5. The van der Waals surface area contributed by atoms with Crippen LogP contribution in [0.25, 0.3) is 10.2 Å². The van der Waals surface area contributed by atoms with E-state index in [0.717, 1.165) is 41.2 Å². The number of hydrogen-bond acceptors (Lipinski definition) is 5. The van der Waals surface area contributed by atoms with Gasteiger partial charge in [-0.25, -0.2) is 14.7 Å². The second kappa shape index (κ2) is 7.49. The number of rotatable bonds is 4.